The number of nitrogens with zero attached hydrogens (tertiary/aromatic N) is 3. The highest BCUT2D eigenvalue weighted by atomic mass is 16.5. The number of pyridine rings is 1. The predicted molar refractivity (Wildman–Crippen MR) is 123 cm³/mol. The average Bonchev–Trinajstić information content (AvgIpc) is 2.82. The van der Waals surface area contributed by atoms with Crippen molar-refractivity contribution in [1.29, 1.82) is 0 Å². The molecule has 0 aliphatic rings. The number of rotatable bonds is 7. The van der Waals surface area contributed by atoms with Gasteiger partial charge < -0.3 is 20.9 Å². The van der Waals surface area contributed by atoms with Crippen LogP contribution < -0.4 is 15.8 Å². The van der Waals surface area contributed by atoms with Crippen molar-refractivity contribution >= 4 is 16.7 Å². The molecule has 158 valence electrons. The lowest BCUT2D eigenvalue weighted by Gasteiger charge is -2.15. The number of fused-ring (bicyclic) bond motifs is 1. The highest BCUT2D eigenvalue weighted by Gasteiger charge is 2.15. The lowest BCUT2D eigenvalue weighted by Crippen LogP contribution is -2.28. The Morgan fingerprint density at radius 1 is 1.06 bits per heavy atom. The first-order valence-corrected chi connectivity index (χ1v) is 10.2. The molecule has 0 spiro atoms. The molecule has 2 aromatic carbocycles. The molecule has 4 N–H and O–H groups in total. The first-order chi connectivity index (χ1) is 15.1. The molecule has 0 aliphatic carbocycles. The van der Waals surface area contributed by atoms with E-state index < -0.39 is 0 Å². The molecule has 7 heteroatoms. The normalized spacial score (nSPS) is 12.0. The monoisotopic (exact) mass is 415 g/mol. The maximum Gasteiger partial charge on any atom is 0.221 e. The van der Waals surface area contributed by atoms with Crippen LogP contribution >= 0.6 is 0 Å². The highest BCUT2D eigenvalue weighted by Crippen LogP contribution is 2.36. The van der Waals surface area contributed by atoms with Crippen molar-refractivity contribution in [3.05, 3.63) is 60.8 Å². The number of hydrogen-bond donors (Lipinski definition) is 3. The van der Waals surface area contributed by atoms with Crippen LogP contribution in [0.15, 0.2) is 60.8 Å². The van der Waals surface area contributed by atoms with Gasteiger partial charge in [0.15, 0.2) is 5.82 Å². The van der Waals surface area contributed by atoms with Gasteiger partial charge in [-0.05, 0) is 48.4 Å². The topological polar surface area (TPSA) is 106 Å². The second-order valence-electron chi connectivity index (χ2n) is 7.25. The molecule has 7 nitrogen and oxygen atoms in total. The van der Waals surface area contributed by atoms with E-state index in [9.17, 15) is 5.11 Å². The van der Waals surface area contributed by atoms with Crippen molar-refractivity contribution in [1.82, 2.24) is 15.0 Å². The Balaban J connectivity index is 1.83. The number of nitrogens with one attached hydrogen (secondary N) is 1. The van der Waals surface area contributed by atoms with Crippen molar-refractivity contribution < 1.29 is 9.84 Å². The lowest BCUT2D eigenvalue weighted by atomic mass is 10.0. The van der Waals surface area contributed by atoms with Crippen LogP contribution in [0.4, 0.5) is 5.82 Å². The Morgan fingerprint density at radius 3 is 2.71 bits per heavy atom. The summed E-state index contributed by atoms with van der Waals surface area (Å²) in [5, 5.41) is 14.9. The summed E-state index contributed by atoms with van der Waals surface area (Å²) in [4.78, 5) is 13.7. The molecule has 31 heavy (non-hydrogen) atoms. The number of hydrogen-bond acceptors (Lipinski definition) is 7. The van der Waals surface area contributed by atoms with Gasteiger partial charge in [0, 0.05) is 29.7 Å². The molecule has 4 aromatic rings. The molecule has 0 bridgehead atoms. The number of ether oxygens (including phenoxy) is 1. The van der Waals surface area contributed by atoms with Crippen molar-refractivity contribution in [2.75, 3.05) is 19.0 Å². The molecule has 0 radical (unpaired) electrons. The number of methoxy groups -OCH3 is 1. The third-order valence-corrected chi connectivity index (χ3v) is 5.17. The quantitative estimate of drug-likeness (QED) is 0.415. The molecule has 4 rings (SSSR count). The molecule has 0 fully saturated rings. The van der Waals surface area contributed by atoms with Crippen molar-refractivity contribution in [2.24, 2.45) is 5.73 Å². The number of phenolic OH excluding ortho intramolecular Hbond substituents is 1. The third kappa shape index (κ3) is 4.27. The molecule has 0 saturated heterocycles. The Kier molecular flexibility index (Phi) is 5.95. The van der Waals surface area contributed by atoms with Gasteiger partial charge in [0.05, 0.1) is 18.2 Å². The summed E-state index contributed by atoms with van der Waals surface area (Å²) in [5.41, 5.74) is 9.06. The standard InChI is InChI=1S/C24H25N5O2/c1-3-16(25)14-27-22-18-7-4-5-9-20(18)28-23(29-22)19-13-15(10-11-21(19)30)17-8-6-12-26-24(17)31-2/h4-13,16,30H,3,14,25H2,1-2H3,(H,27,28,29)/t16-/m0/s1. The van der Waals surface area contributed by atoms with E-state index in [0.29, 0.717) is 29.6 Å². The van der Waals surface area contributed by atoms with Crippen LogP contribution in [0.2, 0.25) is 0 Å². The van der Waals surface area contributed by atoms with Crippen LogP contribution in [-0.4, -0.2) is 39.8 Å². The summed E-state index contributed by atoms with van der Waals surface area (Å²) in [6.07, 6.45) is 2.54. The van der Waals surface area contributed by atoms with Crippen LogP contribution in [0.1, 0.15) is 13.3 Å². The predicted octanol–water partition coefficient (Wildman–Crippen LogP) is 4.22. The van der Waals surface area contributed by atoms with Gasteiger partial charge in [0.1, 0.15) is 11.6 Å². The van der Waals surface area contributed by atoms with E-state index in [0.717, 1.165) is 28.5 Å². The Labute approximate surface area is 181 Å². The molecule has 2 heterocycles. The number of phenols is 1. The zero-order valence-electron chi connectivity index (χ0n) is 17.5. The molecule has 2 aromatic heterocycles. The zero-order valence-corrected chi connectivity index (χ0v) is 17.5. The van der Waals surface area contributed by atoms with Crippen molar-refractivity contribution in [3.63, 3.8) is 0 Å². The Bertz CT molecular complexity index is 1210. The van der Waals surface area contributed by atoms with Gasteiger partial charge in [0.2, 0.25) is 5.88 Å². The summed E-state index contributed by atoms with van der Waals surface area (Å²) >= 11 is 0. The zero-order chi connectivity index (χ0) is 21.8. The van der Waals surface area contributed by atoms with E-state index in [1.807, 2.05) is 55.5 Å². The van der Waals surface area contributed by atoms with Gasteiger partial charge in [0.25, 0.3) is 0 Å². The van der Waals surface area contributed by atoms with Crippen LogP contribution in [0.3, 0.4) is 0 Å². The minimum absolute atomic E-state index is 0.0203. The summed E-state index contributed by atoms with van der Waals surface area (Å²) in [6.45, 7) is 2.64. The summed E-state index contributed by atoms with van der Waals surface area (Å²) in [5.74, 6) is 1.72. The summed E-state index contributed by atoms with van der Waals surface area (Å²) in [6, 6.07) is 16.9. The van der Waals surface area contributed by atoms with Gasteiger partial charge >= 0.3 is 0 Å². The smallest absolute Gasteiger partial charge is 0.221 e. The second-order valence-corrected chi connectivity index (χ2v) is 7.25. The van der Waals surface area contributed by atoms with E-state index in [-0.39, 0.29) is 11.8 Å². The van der Waals surface area contributed by atoms with E-state index in [1.165, 1.54) is 0 Å². The second kappa shape index (κ2) is 8.97. The first-order valence-electron chi connectivity index (χ1n) is 10.2. The minimum atomic E-state index is 0.0203. The molecule has 0 aliphatic heterocycles. The van der Waals surface area contributed by atoms with E-state index in [4.69, 9.17) is 20.4 Å². The van der Waals surface area contributed by atoms with Gasteiger partial charge in [-0.3, -0.25) is 0 Å². The number of aromatic hydroxyl groups is 1. The van der Waals surface area contributed by atoms with Crippen molar-refractivity contribution in [3.8, 4) is 34.1 Å². The average molecular weight is 415 g/mol. The largest absolute Gasteiger partial charge is 0.507 e. The Hall–Kier alpha value is -3.71. The molecule has 0 unspecified atom stereocenters. The van der Waals surface area contributed by atoms with E-state index in [1.54, 1.807) is 19.4 Å². The molecule has 0 amide bonds. The molecular weight excluding hydrogens is 390 g/mol. The fourth-order valence-corrected chi connectivity index (χ4v) is 3.36. The molecular formula is C24H25N5O2. The maximum absolute atomic E-state index is 10.6. The van der Waals surface area contributed by atoms with Crippen LogP contribution in [0.5, 0.6) is 11.6 Å². The molecule has 0 saturated carbocycles. The third-order valence-electron chi connectivity index (χ3n) is 5.17. The maximum atomic E-state index is 10.6. The van der Waals surface area contributed by atoms with Gasteiger partial charge in [-0.1, -0.05) is 25.1 Å². The number of anilines is 1. The van der Waals surface area contributed by atoms with Gasteiger partial charge in [-0.2, -0.15) is 0 Å². The van der Waals surface area contributed by atoms with Gasteiger partial charge in [-0.15, -0.1) is 0 Å². The van der Waals surface area contributed by atoms with Crippen LogP contribution in [-0.2, 0) is 0 Å². The first kappa shape index (κ1) is 20.6. The number of aromatic nitrogens is 3. The fraction of sp³-hybridized carbons (Fsp3) is 0.208. The number of nitrogens with two attached hydrogens (primary N) is 1. The van der Waals surface area contributed by atoms with Crippen molar-refractivity contribution in [2.45, 2.75) is 19.4 Å². The lowest BCUT2D eigenvalue weighted by molar-refractivity contribution is 0.399. The van der Waals surface area contributed by atoms with Crippen LogP contribution in [0.25, 0.3) is 33.4 Å². The number of benzene rings is 2. The SMILES string of the molecule is CC[C@H](N)CNc1nc(-c2cc(-c3cccnc3OC)ccc2O)nc2ccccc12. The summed E-state index contributed by atoms with van der Waals surface area (Å²) < 4.78 is 5.39. The minimum Gasteiger partial charge on any atom is -0.507 e. The van der Waals surface area contributed by atoms with E-state index >= 15 is 0 Å². The summed E-state index contributed by atoms with van der Waals surface area (Å²) in [7, 11) is 1.58. The van der Waals surface area contributed by atoms with Gasteiger partial charge in [-0.25, -0.2) is 15.0 Å². The Morgan fingerprint density at radius 2 is 1.90 bits per heavy atom. The highest BCUT2D eigenvalue weighted by molar-refractivity contribution is 5.91. The number of para-hydroxylation sites is 1. The van der Waals surface area contributed by atoms with Crippen LogP contribution in [0, 0.1) is 0 Å². The fourth-order valence-electron chi connectivity index (χ4n) is 3.36. The molecule has 1 atom stereocenters. The van der Waals surface area contributed by atoms with E-state index in [2.05, 4.69) is 10.3 Å².